The van der Waals surface area contributed by atoms with Gasteiger partial charge in [0.1, 0.15) is 5.75 Å². The first-order valence-corrected chi connectivity index (χ1v) is 5.99. The van der Waals surface area contributed by atoms with Gasteiger partial charge in [-0.05, 0) is 30.3 Å². The van der Waals surface area contributed by atoms with Crippen molar-refractivity contribution in [3.8, 4) is 5.75 Å². The Morgan fingerprint density at radius 1 is 1.28 bits per heavy atom. The van der Waals surface area contributed by atoms with E-state index in [1.807, 2.05) is 0 Å². The number of ketones is 1. The molecule has 1 aromatic heterocycles. The predicted molar refractivity (Wildman–Crippen MR) is 70.9 cm³/mol. The first kappa shape index (κ1) is 12.6. The van der Waals surface area contributed by atoms with E-state index >= 15 is 0 Å². The molecule has 0 amide bonds. The zero-order valence-corrected chi connectivity index (χ0v) is 11.1. The van der Waals surface area contributed by atoms with Crippen LogP contribution in [0.5, 0.6) is 5.75 Å². The molecular weight excluding hydrogens is 298 g/mol. The van der Waals surface area contributed by atoms with E-state index in [2.05, 4.69) is 15.9 Å². The maximum atomic E-state index is 12.2. The summed E-state index contributed by atoms with van der Waals surface area (Å²) in [6, 6.07) is 7.58. The van der Waals surface area contributed by atoms with Crippen molar-refractivity contribution in [3.63, 3.8) is 0 Å². The summed E-state index contributed by atoms with van der Waals surface area (Å²) in [4.78, 5) is 24.0. The number of aromatic hydroxyl groups is 1. The Morgan fingerprint density at radius 3 is 2.72 bits per heavy atom. The summed E-state index contributed by atoms with van der Waals surface area (Å²) in [5.41, 5.74) is -0.247. The molecule has 0 fully saturated rings. The minimum absolute atomic E-state index is 0.0356. The average molecular weight is 308 g/mol. The van der Waals surface area contributed by atoms with Gasteiger partial charge in [0.15, 0.2) is 0 Å². The van der Waals surface area contributed by atoms with Gasteiger partial charge in [-0.2, -0.15) is 0 Å². The van der Waals surface area contributed by atoms with Gasteiger partial charge in [-0.25, -0.2) is 0 Å². The first-order valence-electron chi connectivity index (χ1n) is 5.19. The second kappa shape index (κ2) is 4.78. The lowest BCUT2D eigenvalue weighted by atomic mass is 10.0. The van der Waals surface area contributed by atoms with E-state index in [0.717, 1.165) is 0 Å². The second-order valence-corrected chi connectivity index (χ2v) is 4.74. The van der Waals surface area contributed by atoms with Gasteiger partial charge in [0.2, 0.25) is 5.78 Å². The smallest absolute Gasteiger partial charge is 0.261 e. The van der Waals surface area contributed by atoms with E-state index in [1.165, 1.54) is 22.8 Å². The molecule has 4 nitrogen and oxygen atoms in total. The zero-order valence-electron chi connectivity index (χ0n) is 9.55. The van der Waals surface area contributed by atoms with Crippen LogP contribution in [0.4, 0.5) is 0 Å². The van der Waals surface area contributed by atoms with Crippen molar-refractivity contribution in [1.29, 1.82) is 0 Å². The van der Waals surface area contributed by atoms with Gasteiger partial charge in [0, 0.05) is 17.7 Å². The molecular formula is C13H10BrNO3. The van der Waals surface area contributed by atoms with E-state index in [1.54, 1.807) is 25.4 Å². The molecule has 1 aromatic carbocycles. The maximum Gasteiger partial charge on any atom is 0.261 e. The fourth-order valence-electron chi connectivity index (χ4n) is 1.61. The van der Waals surface area contributed by atoms with Crippen molar-refractivity contribution < 1.29 is 9.90 Å². The zero-order chi connectivity index (χ0) is 13.3. The fourth-order valence-corrected chi connectivity index (χ4v) is 1.97. The second-order valence-electron chi connectivity index (χ2n) is 3.83. The SMILES string of the molecule is Cn1cccc(C(=O)c2cc(Br)ccc2O)c1=O. The van der Waals surface area contributed by atoms with Crippen LogP contribution < -0.4 is 5.56 Å². The highest BCUT2D eigenvalue weighted by Gasteiger charge is 2.17. The van der Waals surface area contributed by atoms with E-state index in [0.29, 0.717) is 4.47 Å². The van der Waals surface area contributed by atoms with Crippen LogP contribution in [0.1, 0.15) is 15.9 Å². The summed E-state index contributed by atoms with van der Waals surface area (Å²) in [5.74, 6) is -0.635. The fraction of sp³-hybridized carbons (Fsp3) is 0.0769. The Kier molecular flexibility index (Phi) is 3.34. The highest BCUT2D eigenvalue weighted by Crippen LogP contribution is 2.23. The summed E-state index contributed by atoms with van der Waals surface area (Å²) < 4.78 is 1.99. The molecule has 0 aliphatic carbocycles. The van der Waals surface area contributed by atoms with Crippen molar-refractivity contribution in [1.82, 2.24) is 4.57 Å². The molecule has 0 unspecified atom stereocenters. The normalized spacial score (nSPS) is 10.3. The number of aromatic nitrogens is 1. The van der Waals surface area contributed by atoms with Gasteiger partial charge < -0.3 is 9.67 Å². The molecule has 0 aliphatic heterocycles. The van der Waals surface area contributed by atoms with Crippen LogP contribution in [0.15, 0.2) is 45.8 Å². The molecule has 0 bridgehead atoms. The Bertz CT molecular complexity index is 676. The molecule has 18 heavy (non-hydrogen) atoms. The van der Waals surface area contributed by atoms with Crippen LogP contribution in [0.2, 0.25) is 0 Å². The largest absolute Gasteiger partial charge is 0.507 e. The van der Waals surface area contributed by atoms with Crippen LogP contribution in [0.3, 0.4) is 0 Å². The summed E-state index contributed by atoms with van der Waals surface area (Å²) in [7, 11) is 1.57. The van der Waals surface area contributed by atoms with E-state index in [-0.39, 0.29) is 22.4 Å². The summed E-state index contributed by atoms with van der Waals surface area (Å²) in [6.07, 6.45) is 1.57. The molecule has 1 N–H and O–H groups in total. The number of carbonyl (C=O) groups is 1. The molecule has 92 valence electrons. The molecule has 0 atom stereocenters. The Labute approximate surface area is 112 Å². The van der Waals surface area contributed by atoms with Gasteiger partial charge in [-0.1, -0.05) is 15.9 Å². The van der Waals surface area contributed by atoms with Crippen molar-refractivity contribution in [2.75, 3.05) is 0 Å². The van der Waals surface area contributed by atoms with Crippen LogP contribution in [-0.2, 0) is 7.05 Å². The topological polar surface area (TPSA) is 59.3 Å². The third-order valence-electron chi connectivity index (χ3n) is 2.57. The number of benzene rings is 1. The minimum Gasteiger partial charge on any atom is -0.507 e. The molecule has 0 spiro atoms. The van der Waals surface area contributed by atoms with Crippen LogP contribution >= 0.6 is 15.9 Å². The number of carbonyl (C=O) groups excluding carboxylic acids is 1. The number of hydrogen-bond acceptors (Lipinski definition) is 3. The Hall–Kier alpha value is -1.88. The van der Waals surface area contributed by atoms with Crippen LogP contribution in [0, 0.1) is 0 Å². The third kappa shape index (κ3) is 2.22. The maximum absolute atomic E-state index is 12.2. The van der Waals surface area contributed by atoms with Gasteiger partial charge in [-0.3, -0.25) is 9.59 Å². The highest BCUT2D eigenvalue weighted by molar-refractivity contribution is 9.10. The third-order valence-corrected chi connectivity index (χ3v) is 3.06. The lowest BCUT2D eigenvalue weighted by Gasteiger charge is -2.05. The molecule has 0 saturated carbocycles. The van der Waals surface area contributed by atoms with E-state index in [9.17, 15) is 14.7 Å². The van der Waals surface area contributed by atoms with Crippen LogP contribution in [-0.4, -0.2) is 15.5 Å². The summed E-state index contributed by atoms with van der Waals surface area (Å²) in [6.45, 7) is 0. The molecule has 2 aromatic rings. The molecule has 2 rings (SSSR count). The number of aryl methyl sites for hydroxylation is 1. The van der Waals surface area contributed by atoms with Crippen molar-refractivity contribution in [2.24, 2.45) is 7.05 Å². The molecule has 0 aliphatic rings. The summed E-state index contributed by atoms with van der Waals surface area (Å²) in [5, 5.41) is 9.68. The number of phenolic OH excluding ortho intramolecular Hbond substituents is 1. The van der Waals surface area contributed by atoms with E-state index < -0.39 is 5.78 Å². The first-order chi connectivity index (χ1) is 8.50. The lowest BCUT2D eigenvalue weighted by molar-refractivity contribution is 0.103. The average Bonchev–Trinajstić information content (AvgIpc) is 2.35. The van der Waals surface area contributed by atoms with Crippen molar-refractivity contribution in [3.05, 3.63) is 62.5 Å². The molecule has 1 heterocycles. The van der Waals surface area contributed by atoms with Gasteiger partial charge in [0.05, 0.1) is 11.1 Å². The number of hydrogen-bond donors (Lipinski definition) is 1. The predicted octanol–water partition coefficient (Wildman–Crippen LogP) is 2.08. The number of nitrogens with zero attached hydrogens (tertiary/aromatic N) is 1. The number of phenols is 1. The van der Waals surface area contributed by atoms with Gasteiger partial charge >= 0.3 is 0 Å². The Balaban J connectivity index is 2.58. The van der Waals surface area contributed by atoms with Crippen molar-refractivity contribution in [2.45, 2.75) is 0 Å². The summed E-state index contributed by atoms with van der Waals surface area (Å²) >= 11 is 3.22. The monoisotopic (exact) mass is 307 g/mol. The van der Waals surface area contributed by atoms with Gasteiger partial charge in [0.25, 0.3) is 5.56 Å². The standard InChI is InChI=1S/C13H10BrNO3/c1-15-6-2-3-9(13(15)18)12(17)10-7-8(14)4-5-11(10)16/h2-7,16H,1H3. The number of rotatable bonds is 2. The molecule has 0 saturated heterocycles. The number of pyridine rings is 1. The van der Waals surface area contributed by atoms with Gasteiger partial charge in [-0.15, -0.1) is 0 Å². The Morgan fingerprint density at radius 2 is 2.00 bits per heavy atom. The van der Waals surface area contributed by atoms with E-state index in [4.69, 9.17) is 0 Å². The molecule has 0 radical (unpaired) electrons. The quantitative estimate of drug-likeness (QED) is 0.864. The minimum atomic E-state index is -0.491. The van der Waals surface area contributed by atoms with Crippen molar-refractivity contribution >= 4 is 21.7 Å². The lowest BCUT2D eigenvalue weighted by Crippen LogP contribution is -2.23. The highest BCUT2D eigenvalue weighted by atomic mass is 79.9. The number of halogens is 1. The molecule has 5 heteroatoms. The van der Waals surface area contributed by atoms with Crippen LogP contribution in [0.25, 0.3) is 0 Å².